The Balaban J connectivity index is 2.33. The predicted octanol–water partition coefficient (Wildman–Crippen LogP) is 3.68. The van der Waals surface area contributed by atoms with E-state index in [0.717, 1.165) is 29.1 Å². The Kier molecular flexibility index (Phi) is 4.96. The van der Waals surface area contributed by atoms with E-state index in [1.165, 1.54) is 25.7 Å². The molecule has 0 aliphatic heterocycles. The van der Waals surface area contributed by atoms with Gasteiger partial charge in [-0.15, -0.1) is 11.3 Å². The first-order chi connectivity index (χ1) is 9.26. The minimum absolute atomic E-state index is 0.378. The van der Waals surface area contributed by atoms with Crippen LogP contribution in [0, 0.1) is 0 Å². The fourth-order valence-electron chi connectivity index (χ4n) is 2.12. The number of unbranched alkanes of at least 4 members (excludes halogenated alkanes) is 2. The molecule has 0 fully saturated rings. The quantitative estimate of drug-likeness (QED) is 0.839. The summed E-state index contributed by atoms with van der Waals surface area (Å²) < 4.78 is 0. The van der Waals surface area contributed by atoms with E-state index < -0.39 is 0 Å². The zero-order valence-electron chi connectivity index (χ0n) is 11.7. The van der Waals surface area contributed by atoms with Gasteiger partial charge >= 0.3 is 0 Å². The van der Waals surface area contributed by atoms with Gasteiger partial charge in [-0.05, 0) is 24.3 Å². The summed E-state index contributed by atoms with van der Waals surface area (Å²) in [6.45, 7) is 6.51. The lowest BCUT2D eigenvalue weighted by atomic mass is 10.2. The lowest BCUT2D eigenvalue weighted by molar-refractivity contribution is 0.673. The van der Waals surface area contributed by atoms with Gasteiger partial charge in [0.1, 0.15) is 10.6 Å². The standard InChI is InChI=1S/C14H22N4S/c1-3-5-8-18(9-6-4-2)12-11-7-10-19-13(11)17-14(15)16-12/h7,10H,3-6,8-9H2,1-2H3,(H2,15,16,17). The zero-order chi connectivity index (χ0) is 13.7. The summed E-state index contributed by atoms with van der Waals surface area (Å²) in [6.07, 6.45) is 4.74. The van der Waals surface area contributed by atoms with Crippen molar-refractivity contribution in [2.24, 2.45) is 0 Å². The summed E-state index contributed by atoms with van der Waals surface area (Å²) in [7, 11) is 0. The van der Waals surface area contributed by atoms with Crippen LogP contribution in [0.25, 0.3) is 10.2 Å². The number of nitrogens with zero attached hydrogens (tertiary/aromatic N) is 3. The van der Waals surface area contributed by atoms with Gasteiger partial charge in [-0.1, -0.05) is 26.7 Å². The van der Waals surface area contributed by atoms with Crippen LogP contribution in [0.5, 0.6) is 0 Å². The van der Waals surface area contributed by atoms with Crippen LogP contribution >= 0.6 is 11.3 Å². The molecular formula is C14H22N4S. The second kappa shape index (κ2) is 6.70. The summed E-state index contributed by atoms with van der Waals surface area (Å²) in [5.74, 6) is 1.38. The van der Waals surface area contributed by atoms with Crippen molar-refractivity contribution in [3.63, 3.8) is 0 Å². The molecule has 104 valence electrons. The summed E-state index contributed by atoms with van der Waals surface area (Å²) >= 11 is 1.62. The van der Waals surface area contributed by atoms with Crippen LogP contribution in [0.1, 0.15) is 39.5 Å². The first-order valence-electron chi connectivity index (χ1n) is 7.02. The zero-order valence-corrected chi connectivity index (χ0v) is 12.5. The number of rotatable bonds is 7. The number of hydrogen-bond donors (Lipinski definition) is 1. The predicted molar refractivity (Wildman–Crippen MR) is 83.9 cm³/mol. The largest absolute Gasteiger partial charge is 0.368 e. The molecular weight excluding hydrogens is 256 g/mol. The first-order valence-corrected chi connectivity index (χ1v) is 7.89. The van der Waals surface area contributed by atoms with Crippen LogP contribution in [0.3, 0.4) is 0 Å². The number of hydrogen-bond acceptors (Lipinski definition) is 5. The molecule has 0 aliphatic carbocycles. The average Bonchev–Trinajstić information content (AvgIpc) is 2.86. The molecule has 0 atom stereocenters. The Morgan fingerprint density at radius 3 is 2.47 bits per heavy atom. The van der Waals surface area contributed by atoms with Gasteiger partial charge in [0, 0.05) is 13.1 Å². The van der Waals surface area contributed by atoms with Gasteiger partial charge in [0.05, 0.1) is 5.39 Å². The molecule has 0 spiro atoms. The van der Waals surface area contributed by atoms with Crippen LogP contribution in [0.15, 0.2) is 11.4 Å². The smallest absolute Gasteiger partial charge is 0.223 e. The van der Waals surface area contributed by atoms with Crippen molar-refractivity contribution < 1.29 is 0 Å². The van der Waals surface area contributed by atoms with E-state index in [9.17, 15) is 0 Å². The van der Waals surface area contributed by atoms with Crippen molar-refractivity contribution in [2.45, 2.75) is 39.5 Å². The Bertz CT molecular complexity index is 515. The third kappa shape index (κ3) is 3.35. The molecule has 0 aromatic carbocycles. The minimum atomic E-state index is 0.378. The van der Waals surface area contributed by atoms with Crippen molar-refractivity contribution >= 4 is 33.3 Å². The molecule has 0 saturated heterocycles. The van der Waals surface area contributed by atoms with E-state index in [4.69, 9.17) is 5.73 Å². The van der Waals surface area contributed by atoms with Gasteiger partial charge in [0.25, 0.3) is 0 Å². The highest BCUT2D eigenvalue weighted by molar-refractivity contribution is 7.16. The van der Waals surface area contributed by atoms with Crippen LogP contribution in [-0.2, 0) is 0 Å². The van der Waals surface area contributed by atoms with Gasteiger partial charge in [-0.3, -0.25) is 0 Å². The third-order valence-electron chi connectivity index (χ3n) is 3.18. The Morgan fingerprint density at radius 1 is 1.16 bits per heavy atom. The fourth-order valence-corrected chi connectivity index (χ4v) is 2.88. The Labute approximate surface area is 118 Å². The fraction of sp³-hybridized carbons (Fsp3) is 0.571. The molecule has 5 heteroatoms. The second-order valence-corrected chi connectivity index (χ2v) is 5.63. The highest BCUT2D eigenvalue weighted by Crippen LogP contribution is 2.28. The van der Waals surface area contributed by atoms with Gasteiger partial charge in [-0.25, -0.2) is 4.98 Å². The number of aromatic nitrogens is 2. The number of anilines is 2. The topological polar surface area (TPSA) is 55.0 Å². The van der Waals surface area contributed by atoms with E-state index in [-0.39, 0.29) is 0 Å². The Hall–Kier alpha value is -1.36. The number of nitrogens with two attached hydrogens (primary N) is 1. The van der Waals surface area contributed by atoms with E-state index in [1.54, 1.807) is 11.3 Å². The van der Waals surface area contributed by atoms with Crippen LogP contribution in [-0.4, -0.2) is 23.1 Å². The normalized spacial score (nSPS) is 11.1. The maximum Gasteiger partial charge on any atom is 0.223 e. The SMILES string of the molecule is CCCCN(CCCC)c1nc(N)nc2sccc12. The van der Waals surface area contributed by atoms with Gasteiger partial charge in [0.15, 0.2) is 0 Å². The molecule has 0 unspecified atom stereocenters. The summed E-state index contributed by atoms with van der Waals surface area (Å²) in [5, 5.41) is 3.19. The molecule has 2 aromatic heterocycles. The van der Waals surface area contributed by atoms with Crippen LogP contribution in [0.4, 0.5) is 11.8 Å². The minimum Gasteiger partial charge on any atom is -0.368 e. The van der Waals surface area contributed by atoms with E-state index in [2.05, 4.69) is 40.2 Å². The summed E-state index contributed by atoms with van der Waals surface area (Å²) in [4.78, 5) is 12.1. The molecule has 0 aliphatic rings. The molecule has 19 heavy (non-hydrogen) atoms. The maximum absolute atomic E-state index is 5.84. The van der Waals surface area contributed by atoms with Crippen LogP contribution in [0.2, 0.25) is 0 Å². The van der Waals surface area contributed by atoms with Crippen molar-refractivity contribution in [3.05, 3.63) is 11.4 Å². The monoisotopic (exact) mass is 278 g/mol. The lowest BCUT2D eigenvalue weighted by Crippen LogP contribution is -2.27. The van der Waals surface area contributed by atoms with Crippen molar-refractivity contribution in [2.75, 3.05) is 23.7 Å². The molecule has 0 radical (unpaired) electrons. The Morgan fingerprint density at radius 2 is 1.84 bits per heavy atom. The van der Waals surface area contributed by atoms with Crippen molar-refractivity contribution in [1.82, 2.24) is 9.97 Å². The molecule has 4 nitrogen and oxygen atoms in total. The molecule has 2 rings (SSSR count). The molecule has 2 aromatic rings. The van der Waals surface area contributed by atoms with Crippen molar-refractivity contribution in [1.29, 1.82) is 0 Å². The van der Waals surface area contributed by atoms with Gasteiger partial charge in [0.2, 0.25) is 5.95 Å². The highest BCUT2D eigenvalue weighted by atomic mass is 32.1. The number of nitrogen functional groups attached to an aromatic ring is 1. The molecule has 0 bridgehead atoms. The molecule has 2 heterocycles. The van der Waals surface area contributed by atoms with Gasteiger partial charge < -0.3 is 10.6 Å². The third-order valence-corrected chi connectivity index (χ3v) is 3.99. The highest BCUT2D eigenvalue weighted by Gasteiger charge is 2.14. The molecule has 2 N–H and O–H groups in total. The van der Waals surface area contributed by atoms with Crippen molar-refractivity contribution in [3.8, 4) is 0 Å². The van der Waals surface area contributed by atoms with E-state index in [1.807, 2.05) is 0 Å². The molecule has 0 amide bonds. The van der Waals surface area contributed by atoms with Crippen LogP contribution < -0.4 is 10.6 Å². The maximum atomic E-state index is 5.84. The number of thiophene rings is 1. The second-order valence-electron chi connectivity index (χ2n) is 4.74. The van der Waals surface area contributed by atoms with E-state index >= 15 is 0 Å². The number of fused-ring (bicyclic) bond motifs is 1. The summed E-state index contributed by atoms with van der Waals surface area (Å²) in [5.41, 5.74) is 5.84. The first kappa shape index (κ1) is 14.1. The van der Waals surface area contributed by atoms with E-state index in [0.29, 0.717) is 5.95 Å². The average molecular weight is 278 g/mol. The lowest BCUT2D eigenvalue weighted by Gasteiger charge is -2.24. The van der Waals surface area contributed by atoms with Gasteiger partial charge in [-0.2, -0.15) is 4.98 Å². The summed E-state index contributed by atoms with van der Waals surface area (Å²) in [6, 6.07) is 2.10. The molecule has 0 saturated carbocycles.